The van der Waals surface area contributed by atoms with Crippen LogP contribution in [0.15, 0.2) is 0 Å². The summed E-state index contributed by atoms with van der Waals surface area (Å²) in [7, 11) is 0. The molecule has 0 aliphatic rings. The standard InChI is InChI=1S/C20H39N5O6S/c1-12(2)10-15(24-17(27)13(22)6-4-5-8-21)18(28)25-16(11-26)19(29)23-14(20(30)31)7-9-32-3/h12-16,26H,4-11,21-22H2,1-3H3,(H,23,29)(H,24,27)(H,25,28)(H,30,31). The minimum Gasteiger partial charge on any atom is -0.480 e. The van der Waals surface area contributed by atoms with Gasteiger partial charge in [0.05, 0.1) is 12.6 Å². The number of hydrogen-bond acceptors (Lipinski definition) is 8. The minimum atomic E-state index is -1.36. The fraction of sp³-hybridized carbons (Fsp3) is 0.800. The van der Waals surface area contributed by atoms with E-state index in [4.69, 9.17) is 11.5 Å². The third kappa shape index (κ3) is 12.2. The summed E-state index contributed by atoms with van der Waals surface area (Å²) in [4.78, 5) is 48.9. The first-order valence-electron chi connectivity index (χ1n) is 10.8. The van der Waals surface area contributed by atoms with Crippen LogP contribution in [0, 0.1) is 5.92 Å². The van der Waals surface area contributed by atoms with Gasteiger partial charge >= 0.3 is 5.97 Å². The van der Waals surface area contributed by atoms with Crippen LogP contribution in [0.4, 0.5) is 0 Å². The third-order valence-corrected chi connectivity index (χ3v) is 5.33. The van der Waals surface area contributed by atoms with E-state index in [0.29, 0.717) is 31.6 Å². The molecular weight excluding hydrogens is 438 g/mol. The molecule has 0 aliphatic carbocycles. The Bertz CT molecular complexity index is 607. The van der Waals surface area contributed by atoms with E-state index >= 15 is 0 Å². The summed E-state index contributed by atoms with van der Waals surface area (Å²) in [6.45, 7) is 3.50. The number of aliphatic hydroxyl groups is 1. The molecule has 0 spiro atoms. The van der Waals surface area contributed by atoms with Gasteiger partial charge in [-0.1, -0.05) is 20.3 Å². The molecule has 0 radical (unpaired) electrons. The molecule has 0 heterocycles. The van der Waals surface area contributed by atoms with Gasteiger partial charge in [-0.25, -0.2) is 4.79 Å². The van der Waals surface area contributed by atoms with E-state index in [-0.39, 0.29) is 12.3 Å². The minimum absolute atomic E-state index is 0.0452. The van der Waals surface area contributed by atoms with Crippen molar-refractivity contribution in [3.63, 3.8) is 0 Å². The molecule has 186 valence electrons. The predicted molar refractivity (Wildman–Crippen MR) is 124 cm³/mol. The van der Waals surface area contributed by atoms with Crippen molar-refractivity contribution in [2.24, 2.45) is 17.4 Å². The van der Waals surface area contributed by atoms with Crippen LogP contribution in [0.25, 0.3) is 0 Å². The second-order valence-corrected chi connectivity index (χ2v) is 8.99. The van der Waals surface area contributed by atoms with E-state index in [0.717, 1.165) is 6.42 Å². The Morgan fingerprint density at radius 3 is 1.97 bits per heavy atom. The van der Waals surface area contributed by atoms with Crippen molar-refractivity contribution in [3.05, 3.63) is 0 Å². The summed E-state index contributed by atoms with van der Waals surface area (Å²) in [6.07, 6.45) is 4.14. The number of nitrogens with one attached hydrogen (secondary N) is 3. The molecule has 0 bridgehead atoms. The SMILES string of the molecule is CSCCC(NC(=O)C(CO)NC(=O)C(CC(C)C)NC(=O)C(N)CCCCN)C(=O)O. The largest absolute Gasteiger partial charge is 0.480 e. The number of carboxylic acid groups (broad SMARTS) is 1. The van der Waals surface area contributed by atoms with Crippen LogP contribution in [0.3, 0.4) is 0 Å². The van der Waals surface area contributed by atoms with E-state index < -0.39 is 54.5 Å². The average molecular weight is 478 g/mol. The molecular formula is C20H39N5O6S. The second-order valence-electron chi connectivity index (χ2n) is 8.01. The Hall–Kier alpha value is -1.89. The Labute approximate surface area is 193 Å². The summed E-state index contributed by atoms with van der Waals surface area (Å²) < 4.78 is 0. The van der Waals surface area contributed by atoms with E-state index in [2.05, 4.69) is 16.0 Å². The number of thioether (sulfide) groups is 1. The zero-order valence-corrected chi connectivity index (χ0v) is 20.0. The van der Waals surface area contributed by atoms with Crippen LogP contribution in [-0.4, -0.2) is 83.2 Å². The van der Waals surface area contributed by atoms with Gasteiger partial charge in [-0.05, 0) is 50.2 Å². The van der Waals surface area contributed by atoms with Crippen molar-refractivity contribution in [1.82, 2.24) is 16.0 Å². The smallest absolute Gasteiger partial charge is 0.326 e. The molecule has 11 nitrogen and oxygen atoms in total. The first-order chi connectivity index (χ1) is 15.1. The zero-order chi connectivity index (χ0) is 24.7. The molecule has 9 N–H and O–H groups in total. The monoisotopic (exact) mass is 477 g/mol. The van der Waals surface area contributed by atoms with Gasteiger partial charge in [0.25, 0.3) is 0 Å². The number of unbranched alkanes of at least 4 members (excludes halogenated alkanes) is 1. The van der Waals surface area contributed by atoms with E-state index in [1.165, 1.54) is 11.8 Å². The van der Waals surface area contributed by atoms with Crippen molar-refractivity contribution >= 4 is 35.5 Å². The van der Waals surface area contributed by atoms with Crippen LogP contribution >= 0.6 is 11.8 Å². The molecule has 3 amide bonds. The van der Waals surface area contributed by atoms with Gasteiger partial charge in [0.2, 0.25) is 17.7 Å². The fourth-order valence-electron chi connectivity index (χ4n) is 2.85. The molecule has 0 aromatic rings. The highest BCUT2D eigenvalue weighted by Crippen LogP contribution is 2.07. The number of nitrogens with two attached hydrogens (primary N) is 2. The van der Waals surface area contributed by atoms with Crippen LogP contribution in [-0.2, 0) is 19.2 Å². The lowest BCUT2D eigenvalue weighted by Crippen LogP contribution is -2.58. The first-order valence-corrected chi connectivity index (χ1v) is 12.2. The molecule has 4 atom stereocenters. The highest BCUT2D eigenvalue weighted by Gasteiger charge is 2.30. The number of carboxylic acids is 1. The molecule has 0 saturated carbocycles. The number of carbonyl (C=O) groups excluding carboxylic acids is 3. The van der Waals surface area contributed by atoms with Crippen molar-refractivity contribution in [3.8, 4) is 0 Å². The van der Waals surface area contributed by atoms with E-state index in [1.807, 2.05) is 20.1 Å². The maximum absolute atomic E-state index is 12.8. The van der Waals surface area contributed by atoms with Crippen LogP contribution in [0.5, 0.6) is 0 Å². The Balaban J connectivity index is 5.12. The Kier molecular flexibility index (Phi) is 15.7. The number of carbonyl (C=O) groups is 4. The molecule has 12 heteroatoms. The summed E-state index contributed by atoms with van der Waals surface area (Å²) in [5.74, 6) is -2.61. The maximum Gasteiger partial charge on any atom is 0.326 e. The lowest BCUT2D eigenvalue weighted by Gasteiger charge is -2.25. The fourth-order valence-corrected chi connectivity index (χ4v) is 3.32. The molecule has 0 fully saturated rings. The third-order valence-electron chi connectivity index (χ3n) is 4.69. The quantitative estimate of drug-likeness (QED) is 0.125. The van der Waals surface area contributed by atoms with Crippen LogP contribution in [0.1, 0.15) is 46.0 Å². The van der Waals surface area contributed by atoms with Gasteiger partial charge in [-0.15, -0.1) is 0 Å². The topological polar surface area (TPSA) is 197 Å². The summed E-state index contributed by atoms with van der Waals surface area (Å²) in [6, 6.07) is -4.26. The normalized spacial score (nSPS) is 14.8. The predicted octanol–water partition coefficient (Wildman–Crippen LogP) is -1.23. The Morgan fingerprint density at radius 1 is 0.906 bits per heavy atom. The molecule has 0 aromatic heterocycles. The van der Waals surface area contributed by atoms with Gasteiger partial charge in [-0.3, -0.25) is 14.4 Å². The van der Waals surface area contributed by atoms with Gasteiger partial charge in [-0.2, -0.15) is 11.8 Å². The lowest BCUT2D eigenvalue weighted by atomic mass is 10.0. The summed E-state index contributed by atoms with van der Waals surface area (Å²) in [5, 5.41) is 26.2. The summed E-state index contributed by atoms with van der Waals surface area (Å²) in [5.41, 5.74) is 11.3. The maximum atomic E-state index is 12.8. The summed E-state index contributed by atoms with van der Waals surface area (Å²) >= 11 is 1.43. The van der Waals surface area contributed by atoms with Crippen LogP contribution < -0.4 is 27.4 Å². The number of rotatable bonds is 17. The van der Waals surface area contributed by atoms with Gasteiger partial charge in [0.1, 0.15) is 18.1 Å². The number of aliphatic carboxylic acids is 1. The highest BCUT2D eigenvalue weighted by atomic mass is 32.2. The van der Waals surface area contributed by atoms with E-state index in [9.17, 15) is 29.4 Å². The second kappa shape index (κ2) is 16.7. The van der Waals surface area contributed by atoms with Gasteiger partial charge < -0.3 is 37.6 Å². The highest BCUT2D eigenvalue weighted by molar-refractivity contribution is 7.98. The Morgan fingerprint density at radius 2 is 1.47 bits per heavy atom. The van der Waals surface area contributed by atoms with Crippen molar-refractivity contribution in [2.45, 2.75) is 70.1 Å². The van der Waals surface area contributed by atoms with Crippen molar-refractivity contribution < 1.29 is 29.4 Å². The van der Waals surface area contributed by atoms with Gasteiger partial charge in [0, 0.05) is 0 Å². The number of aliphatic hydroxyl groups excluding tert-OH is 1. The van der Waals surface area contributed by atoms with Crippen molar-refractivity contribution in [2.75, 3.05) is 25.2 Å². The van der Waals surface area contributed by atoms with Crippen molar-refractivity contribution in [1.29, 1.82) is 0 Å². The molecule has 4 unspecified atom stereocenters. The van der Waals surface area contributed by atoms with Gasteiger partial charge in [0.15, 0.2) is 0 Å². The molecule has 0 aliphatic heterocycles. The first kappa shape index (κ1) is 30.1. The molecule has 0 aromatic carbocycles. The zero-order valence-electron chi connectivity index (χ0n) is 19.1. The number of hydrogen-bond donors (Lipinski definition) is 7. The molecule has 0 saturated heterocycles. The average Bonchev–Trinajstić information content (AvgIpc) is 2.73. The van der Waals surface area contributed by atoms with Crippen LogP contribution in [0.2, 0.25) is 0 Å². The molecule has 0 rings (SSSR count). The lowest BCUT2D eigenvalue weighted by molar-refractivity contribution is -0.142. The van der Waals surface area contributed by atoms with E-state index in [1.54, 1.807) is 0 Å². The molecule has 32 heavy (non-hydrogen) atoms. The number of amides is 3.